The molecule has 0 bridgehead atoms. The molecule has 0 spiro atoms. The van der Waals surface area contributed by atoms with Gasteiger partial charge in [0.2, 0.25) is 0 Å². The van der Waals surface area contributed by atoms with Gasteiger partial charge in [0.25, 0.3) is 5.56 Å². The average molecular weight is 286 g/mol. The Kier molecular flexibility index (Phi) is 5.00. The molecule has 0 aliphatic heterocycles. The molecule has 2 rings (SSSR count). The van der Waals surface area contributed by atoms with Crippen LogP contribution >= 0.6 is 0 Å². The van der Waals surface area contributed by atoms with Crippen molar-refractivity contribution in [3.63, 3.8) is 0 Å². The summed E-state index contributed by atoms with van der Waals surface area (Å²) in [6, 6.07) is 9.45. The summed E-state index contributed by atoms with van der Waals surface area (Å²) in [6.45, 7) is 2.77. The van der Waals surface area contributed by atoms with E-state index in [1.165, 1.54) is 16.3 Å². The van der Waals surface area contributed by atoms with Crippen molar-refractivity contribution in [1.82, 2.24) is 9.78 Å². The van der Waals surface area contributed by atoms with Crippen LogP contribution in [0.25, 0.3) is 11.3 Å². The third kappa shape index (κ3) is 3.44. The third-order valence-electron chi connectivity index (χ3n) is 3.29. The van der Waals surface area contributed by atoms with Crippen molar-refractivity contribution in [2.24, 2.45) is 0 Å². The van der Waals surface area contributed by atoms with E-state index >= 15 is 0 Å². The lowest BCUT2D eigenvalue weighted by Gasteiger charge is -2.08. The largest absolute Gasteiger partial charge is 0.383 e. The first-order chi connectivity index (χ1) is 10.2. The predicted octanol–water partition coefficient (Wildman–Crippen LogP) is 1.93. The Balaban J connectivity index is 2.46. The fourth-order valence-electron chi connectivity index (χ4n) is 2.03. The summed E-state index contributed by atoms with van der Waals surface area (Å²) in [6.07, 6.45) is 1.53. The van der Waals surface area contributed by atoms with Crippen molar-refractivity contribution < 1.29 is 9.53 Å². The van der Waals surface area contributed by atoms with Crippen LogP contribution in [0.3, 0.4) is 0 Å². The summed E-state index contributed by atoms with van der Waals surface area (Å²) in [4.78, 5) is 23.1. The van der Waals surface area contributed by atoms with Gasteiger partial charge in [0.1, 0.15) is 0 Å². The van der Waals surface area contributed by atoms with Crippen LogP contribution < -0.4 is 5.56 Å². The fourth-order valence-corrected chi connectivity index (χ4v) is 2.03. The summed E-state index contributed by atoms with van der Waals surface area (Å²) in [5, 5.41) is 4.31. The molecule has 21 heavy (non-hydrogen) atoms. The number of carbonyl (C=O) groups excluding carboxylic acids is 1. The Morgan fingerprint density at radius 3 is 2.57 bits per heavy atom. The SMILES string of the molecule is CCc1ccc(-c2cc(C=O)c(=O)n(CCOC)n2)cc1. The number of carbonyl (C=O) groups is 1. The molecule has 0 aliphatic carbocycles. The van der Waals surface area contributed by atoms with Gasteiger partial charge in [0.15, 0.2) is 6.29 Å². The fraction of sp³-hybridized carbons (Fsp3) is 0.312. The number of ether oxygens (including phenoxy) is 1. The lowest BCUT2D eigenvalue weighted by atomic mass is 10.1. The second-order valence-electron chi connectivity index (χ2n) is 4.67. The molecule has 0 unspecified atom stereocenters. The molecule has 0 radical (unpaired) electrons. The number of nitrogens with zero attached hydrogens (tertiary/aromatic N) is 2. The van der Waals surface area contributed by atoms with Crippen LogP contribution in [0, 0.1) is 0 Å². The van der Waals surface area contributed by atoms with Crippen molar-refractivity contribution in [2.75, 3.05) is 13.7 Å². The minimum atomic E-state index is -0.393. The second kappa shape index (κ2) is 6.95. The van der Waals surface area contributed by atoms with Crippen LogP contribution in [0.4, 0.5) is 0 Å². The van der Waals surface area contributed by atoms with Gasteiger partial charge in [-0.15, -0.1) is 0 Å². The van der Waals surface area contributed by atoms with Gasteiger partial charge in [-0.25, -0.2) is 4.68 Å². The van der Waals surface area contributed by atoms with E-state index in [4.69, 9.17) is 4.74 Å². The van der Waals surface area contributed by atoms with E-state index in [1.54, 1.807) is 7.11 Å². The summed E-state index contributed by atoms with van der Waals surface area (Å²) in [5.74, 6) is 0. The van der Waals surface area contributed by atoms with E-state index in [2.05, 4.69) is 12.0 Å². The average Bonchev–Trinajstić information content (AvgIpc) is 2.54. The maximum Gasteiger partial charge on any atom is 0.277 e. The molecule has 110 valence electrons. The summed E-state index contributed by atoms with van der Waals surface area (Å²) in [7, 11) is 1.55. The number of hydrogen-bond donors (Lipinski definition) is 0. The Morgan fingerprint density at radius 2 is 2.00 bits per heavy atom. The van der Waals surface area contributed by atoms with Gasteiger partial charge < -0.3 is 4.74 Å². The minimum Gasteiger partial charge on any atom is -0.383 e. The maximum atomic E-state index is 12.0. The van der Waals surface area contributed by atoms with E-state index < -0.39 is 5.56 Å². The highest BCUT2D eigenvalue weighted by Crippen LogP contribution is 2.17. The Morgan fingerprint density at radius 1 is 1.29 bits per heavy atom. The summed E-state index contributed by atoms with van der Waals surface area (Å²) >= 11 is 0. The zero-order chi connectivity index (χ0) is 15.2. The van der Waals surface area contributed by atoms with Gasteiger partial charge in [-0.2, -0.15) is 5.10 Å². The molecule has 0 N–H and O–H groups in total. The van der Waals surface area contributed by atoms with Crippen LogP contribution in [0.1, 0.15) is 22.8 Å². The quantitative estimate of drug-likeness (QED) is 0.761. The molecule has 1 heterocycles. The normalized spacial score (nSPS) is 10.6. The topological polar surface area (TPSA) is 61.2 Å². The van der Waals surface area contributed by atoms with Crippen molar-refractivity contribution >= 4 is 6.29 Å². The minimum absolute atomic E-state index is 0.107. The van der Waals surface area contributed by atoms with Crippen LogP contribution in [0.2, 0.25) is 0 Å². The first-order valence-corrected chi connectivity index (χ1v) is 6.85. The van der Waals surface area contributed by atoms with Gasteiger partial charge in [0.05, 0.1) is 24.4 Å². The van der Waals surface area contributed by atoms with Gasteiger partial charge in [-0.1, -0.05) is 31.2 Å². The standard InChI is InChI=1S/C16H18N2O3/c1-3-12-4-6-13(7-5-12)15-10-14(11-19)16(20)18(17-15)8-9-21-2/h4-7,10-11H,3,8-9H2,1-2H3. The molecule has 0 saturated heterocycles. The lowest BCUT2D eigenvalue weighted by Crippen LogP contribution is -2.28. The molecule has 1 aromatic carbocycles. The van der Waals surface area contributed by atoms with Crippen molar-refractivity contribution in [3.05, 3.63) is 51.8 Å². The van der Waals surface area contributed by atoms with Crippen molar-refractivity contribution in [1.29, 1.82) is 0 Å². The lowest BCUT2D eigenvalue weighted by molar-refractivity contribution is 0.112. The highest BCUT2D eigenvalue weighted by atomic mass is 16.5. The second-order valence-corrected chi connectivity index (χ2v) is 4.67. The molecule has 0 fully saturated rings. The van der Waals surface area contributed by atoms with Gasteiger partial charge in [0, 0.05) is 12.7 Å². The highest BCUT2D eigenvalue weighted by Gasteiger charge is 2.09. The molecule has 5 nitrogen and oxygen atoms in total. The van der Waals surface area contributed by atoms with E-state index in [-0.39, 0.29) is 5.56 Å². The monoisotopic (exact) mass is 286 g/mol. The van der Waals surface area contributed by atoms with Gasteiger partial charge in [-0.05, 0) is 18.1 Å². The molecule has 2 aromatic rings. The highest BCUT2D eigenvalue weighted by molar-refractivity contribution is 5.76. The molecule has 0 atom stereocenters. The maximum absolute atomic E-state index is 12.0. The Hall–Kier alpha value is -2.27. The molecule has 1 aromatic heterocycles. The van der Waals surface area contributed by atoms with E-state index in [0.717, 1.165) is 12.0 Å². The van der Waals surface area contributed by atoms with Crippen LogP contribution in [-0.2, 0) is 17.7 Å². The Bertz CT molecular complexity index is 675. The van der Waals surface area contributed by atoms with Crippen LogP contribution in [0.15, 0.2) is 35.1 Å². The number of aldehydes is 1. The smallest absolute Gasteiger partial charge is 0.277 e. The van der Waals surface area contributed by atoms with Crippen LogP contribution in [0.5, 0.6) is 0 Å². The molecular weight excluding hydrogens is 268 g/mol. The summed E-state index contributed by atoms with van der Waals surface area (Å²) in [5.41, 5.74) is 2.42. The number of methoxy groups -OCH3 is 1. The number of aromatic nitrogens is 2. The van der Waals surface area contributed by atoms with E-state index in [0.29, 0.717) is 25.1 Å². The summed E-state index contributed by atoms with van der Waals surface area (Å²) < 4.78 is 6.24. The van der Waals surface area contributed by atoms with Crippen LogP contribution in [-0.4, -0.2) is 29.8 Å². The van der Waals surface area contributed by atoms with E-state index in [9.17, 15) is 9.59 Å². The van der Waals surface area contributed by atoms with Gasteiger partial charge in [-0.3, -0.25) is 9.59 Å². The zero-order valence-corrected chi connectivity index (χ0v) is 12.2. The zero-order valence-electron chi connectivity index (χ0n) is 12.2. The molecule has 0 aliphatic rings. The first kappa shape index (κ1) is 15.1. The van der Waals surface area contributed by atoms with E-state index in [1.807, 2.05) is 24.3 Å². The van der Waals surface area contributed by atoms with Crippen molar-refractivity contribution in [2.45, 2.75) is 19.9 Å². The number of rotatable bonds is 6. The molecule has 5 heteroatoms. The number of hydrogen-bond acceptors (Lipinski definition) is 4. The molecule has 0 saturated carbocycles. The third-order valence-corrected chi connectivity index (χ3v) is 3.29. The first-order valence-electron chi connectivity index (χ1n) is 6.85. The van der Waals surface area contributed by atoms with Crippen molar-refractivity contribution in [3.8, 4) is 11.3 Å². The number of benzene rings is 1. The predicted molar refractivity (Wildman–Crippen MR) is 80.6 cm³/mol. The molecular formula is C16H18N2O3. The Labute approximate surface area is 123 Å². The number of aryl methyl sites for hydroxylation is 1. The molecule has 0 amide bonds. The van der Waals surface area contributed by atoms with Gasteiger partial charge >= 0.3 is 0 Å².